The van der Waals surface area contributed by atoms with Gasteiger partial charge in [0, 0.05) is 18.5 Å². The molecular formula is C15H31NO2Si. The summed E-state index contributed by atoms with van der Waals surface area (Å²) in [6.07, 6.45) is 2.12. The fraction of sp³-hybridized carbons (Fsp3) is 0.933. The van der Waals surface area contributed by atoms with Crippen LogP contribution in [0.15, 0.2) is 0 Å². The van der Waals surface area contributed by atoms with Crippen molar-refractivity contribution in [2.24, 2.45) is 5.41 Å². The topological polar surface area (TPSA) is 29.5 Å². The molecule has 0 aliphatic carbocycles. The summed E-state index contributed by atoms with van der Waals surface area (Å²) in [4.78, 5) is 14.3. The van der Waals surface area contributed by atoms with Crippen LogP contribution in [0.3, 0.4) is 0 Å². The molecule has 0 aromatic carbocycles. The molecule has 1 saturated heterocycles. The summed E-state index contributed by atoms with van der Waals surface area (Å²) in [5.41, 5.74) is -0.185. The molecule has 0 saturated carbocycles. The van der Waals surface area contributed by atoms with Gasteiger partial charge in [0.15, 0.2) is 8.32 Å². The Balaban J connectivity index is 2.48. The van der Waals surface area contributed by atoms with Gasteiger partial charge >= 0.3 is 0 Å². The Labute approximate surface area is 119 Å². The van der Waals surface area contributed by atoms with Gasteiger partial charge in [0.2, 0.25) is 5.91 Å². The van der Waals surface area contributed by atoms with Crippen LogP contribution < -0.4 is 0 Å². The Hall–Kier alpha value is -0.353. The molecule has 0 aromatic heterocycles. The second kappa shape index (κ2) is 5.56. The minimum atomic E-state index is -1.69. The highest BCUT2D eigenvalue weighted by atomic mass is 28.4. The second-order valence-electron chi connectivity index (χ2n) is 7.89. The van der Waals surface area contributed by atoms with E-state index in [1.807, 2.05) is 4.90 Å². The molecule has 0 atom stereocenters. The molecule has 1 amide bonds. The fourth-order valence-electron chi connectivity index (χ4n) is 2.19. The lowest BCUT2D eigenvalue weighted by Gasteiger charge is -2.39. The van der Waals surface area contributed by atoms with Crippen molar-refractivity contribution in [2.75, 3.05) is 19.7 Å². The fourth-order valence-corrected chi connectivity index (χ4v) is 3.22. The molecule has 4 heteroatoms. The molecule has 112 valence electrons. The first-order chi connectivity index (χ1) is 8.47. The van der Waals surface area contributed by atoms with Crippen molar-refractivity contribution in [2.45, 2.75) is 65.6 Å². The van der Waals surface area contributed by atoms with Crippen molar-refractivity contribution in [3.63, 3.8) is 0 Å². The van der Waals surface area contributed by atoms with Crippen molar-refractivity contribution in [3.05, 3.63) is 0 Å². The number of rotatable bonds is 4. The van der Waals surface area contributed by atoms with Crippen molar-refractivity contribution in [1.29, 1.82) is 0 Å². The van der Waals surface area contributed by atoms with Gasteiger partial charge in [-0.25, -0.2) is 0 Å². The highest BCUT2D eigenvalue weighted by Crippen LogP contribution is 2.36. The predicted octanol–water partition coefficient (Wildman–Crippen LogP) is 3.66. The van der Waals surface area contributed by atoms with Crippen LogP contribution in [0.2, 0.25) is 18.1 Å². The number of carbonyl (C=O) groups is 1. The Morgan fingerprint density at radius 1 is 1.32 bits per heavy atom. The largest absolute Gasteiger partial charge is 0.415 e. The molecule has 0 spiro atoms. The summed E-state index contributed by atoms with van der Waals surface area (Å²) in [7, 11) is -1.69. The van der Waals surface area contributed by atoms with E-state index in [2.05, 4.69) is 47.7 Å². The van der Waals surface area contributed by atoms with Gasteiger partial charge in [-0.1, -0.05) is 34.6 Å². The Morgan fingerprint density at radius 2 is 1.89 bits per heavy atom. The number of amides is 1. The van der Waals surface area contributed by atoms with Gasteiger partial charge in [-0.3, -0.25) is 4.79 Å². The molecule has 0 unspecified atom stereocenters. The highest BCUT2D eigenvalue weighted by Gasteiger charge is 2.38. The summed E-state index contributed by atoms with van der Waals surface area (Å²) in [5, 5.41) is 0.234. The van der Waals surface area contributed by atoms with E-state index in [4.69, 9.17) is 4.43 Å². The number of hydrogen-bond acceptors (Lipinski definition) is 2. The molecule has 1 aliphatic heterocycles. The minimum Gasteiger partial charge on any atom is -0.415 e. The third-order valence-corrected chi connectivity index (χ3v) is 9.26. The molecule has 1 fully saturated rings. The third kappa shape index (κ3) is 4.05. The summed E-state index contributed by atoms with van der Waals surface area (Å²) in [5.74, 6) is 0.289. The van der Waals surface area contributed by atoms with Crippen LogP contribution in [0.25, 0.3) is 0 Å². The number of piperidine rings is 1. The van der Waals surface area contributed by atoms with Gasteiger partial charge in [0.05, 0.1) is 6.61 Å². The molecule has 19 heavy (non-hydrogen) atoms. The van der Waals surface area contributed by atoms with Gasteiger partial charge in [-0.05, 0) is 31.0 Å². The van der Waals surface area contributed by atoms with E-state index in [0.717, 1.165) is 25.9 Å². The predicted molar refractivity (Wildman–Crippen MR) is 82.7 cm³/mol. The SMILES string of the molecule is CC1(C)CCCN(CCO[Si](C)(C)C(C)(C)C)C1=O. The first-order valence-electron chi connectivity index (χ1n) is 7.41. The zero-order valence-electron chi connectivity index (χ0n) is 13.8. The number of nitrogens with zero attached hydrogens (tertiary/aromatic N) is 1. The average molecular weight is 286 g/mol. The zero-order chi connectivity index (χ0) is 14.9. The molecular weight excluding hydrogens is 254 g/mol. The standard InChI is InChI=1S/C15H31NO2Si/c1-14(2,3)19(6,7)18-12-11-16-10-8-9-15(4,5)13(16)17/h8-12H2,1-7H3. The number of hydrogen-bond donors (Lipinski definition) is 0. The first kappa shape index (κ1) is 16.7. The van der Waals surface area contributed by atoms with Gasteiger partial charge in [-0.15, -0.1) is 0 Å². The van der Waals surface area contributed by atoms with Crippen LogP contribution in [-0.2, 0) is 9.22 Å². The van der Waals surface area contributed by atoms with Crippen molar-refractivity contribution in [1.82, 2.24) is 4.90 Å². The van der Waals surface area contributed by atoms with E-state index >= 15 is 0 Å². The summed E-state index contributed by atoms with van der Waals surface area (Å²) >= 11 is 0. The lowest BCUT2D eigenvalue weighted by Crippen LogP contribution is -2.48. The van der Waals surface area contributed by atoms with E-state index in [-0.39, 0.29) is 16.4 Å². The lowest BCUT2D eigenvalue weighted by molar-refractivity contribution is -0.144. The van der Waals surface area contributed by atoms with Crippen LogP contribution in [0.5, 0.6) is 0 Å². The highest BCUT2D eigenvalue weighted by molar-refractivity contribution is 6.74. The summed E-state index contributed by atoms with van der Waals surface area (Å²) < 4.78 is 6.16. The average Bonchev–Trinajstić information content (AvgIpc) is 2.22. The molecule has 1 aliphatic rings. The van der Waals surface area contributed by atoms with Crippen LogP contribution in [0.1, 0.15) is 47.5 Å². The molecule has 1 rings (SSSR count). The Bertz CT molecular complexity index is 332. The first-order valence-corrected chi connectivity index (χ1v) is 10.3. The second-order valence-corrected chi connectivity index (χ2v) is 12.7. The van der Waals surface area contributed by atoms with Gasteiger partial charge in [0.25, 0.3) is 0 Å². The number of likely N-dealkylation sites (tertiary alicyclic amines) is 1. The maximum atomic E-state index is 12.3. The minimum absolute atomic E-state index is 0.185. The van der Waals surface area contributed by atoms with Gasteiger partial charge in [-0.2, -0.15) is 0 Å². The molecule has 0 bridgehead atoms. The van der Waals surface area contributed by atoms with Crippen molar-refractivity contribution in [3.8, 4) is 0 Å². The monoisotopic (exact) mass is 285 g/mol. The Morgan fingerprint density at radius 3 is 2.42 bits per heavy atom. The normalized spacial score (nSPS) is 20.8. The lowest BCUT2D eigenvalue weighted by atomic mass is 9.83. The maximum absolute atomic E-state index is 12.3. The molecule has 1 heterocycles. The molecule has 0 aromatic rings. The van der Waals surface area contributed by atoms with E-state index < -0.39 is 8.32 Å². The van der Waals surface area contributed by atoms with Crippen molar-refractivity contribution >= 4 is 14.2 Å². The third-order valence-electron chi connectivity index (χ3n) is 4.73. The van der Waals surface area contributed by atoms with Crippen LogP contribution in [0.4, 0.5) is 0 Å². The zero-order valence-corrected chi connectivity index (χ0v) is 14.8. The summed E-state index contributed by atoms with van der Waals surface area (Å²) in [6, 6.07) is 0. The summed E-state index contributed by atoms with van der Waals surface area (Å²) in [6.45, 7) is 17.7. The van der Waals surface area contributed by atoms with E-state index in [9.17, 15) is 4.79 Å². The number of carbonyl (C=O) groups excluding carboxylic acids is 1. The smallest absolute Gasteiger partial charge is 0.228 e. The molecule has 3 nitrogen and oxygen atoms in total. The quantitative estimate of drug-likeness (QED) is 0.738. The van der Waals surface area contributed by atoms with Crippen molar-refractivity contribution < 1.29 is 9.22 Å². The van der Waals surface area contributed by atoms with E-state index in [1.54, 1.807) is 0 Å². The van der Waals surface area contributed by atoms with Gasteiger partial charge < -0.3 is 9.33 Å². The Kier molecular flexibility index (Phi) is 4.89. The molecule has 0 N–H and O–H groups in total. The maximum Gasteiger partial charge on any atom is 0.228 e. The van der Waals surface area contributed by atoms with Crippen LogP contribution in [0, 0.1) is 5.41 Å². The van der Waals surface area contributed by atoms with Crippen LogP contribution >= 0.6 is 0 Å². The molecule has 0 radical (unpaired) electrons. The van der Waals surface area contributed by atoms with Gasteiger partial charge in [0.1, 0.15) is 0 Å². The van der Waals surface area contributed by atoms with E-state index in [1.165, 1.54) is 0 Å². The van der Waals surface area contributed by atoms with E-state index in [0.29, 0.717) is 6.61 Å². The van der Waals surface area contributed by atoms with Crippen LogP contribution in [-0.4, -0.2) is 38.8 Å².